The van der Waals surface area contributed by atoms with E-state index in [2.05, 4.69) is 9.47 Å². The highest BCUT2D eigenvalue weighted by Crippen LogP contribution is 2.44. The van der Waals surface area contributed by atoms with Crippen molar-refractivity contribution in [2.24, 2.45) is 0 Å². The van der Waals surface area contributed by atoms with Gasteiger partial charge >= 0.3 is 36.5 Å². The molecule has 2 unspecified atom stereocenters. The van der Waals surface area contributed by atoms with Crippen molar-refractivity contribution < 1.29 is 74.1 Å². The smallest absolute Gasteiger partial charge is 0.417 e. The molecule has 2 atom stereocenters. The summed E-state index contributed by atoms with van der Waals surface area (Å²) in [7, 11) is 4.40. The van der Waals surface area contributed by atoms with Gasteiger partial charge in [0.2, 0.25) is 11.8 Å². The normalized spacial score (nSPS) is 17.8. The number of rotatable bonds is 8. The number of amides is 4. The third kappa shape index (κ3) is 10.8. The summed E-state index contributed by atoms with van der Waals surface area (Å²) in [5, 5.41) is 0. The minimum atomic E-state index is -5.02. The first kappa shape index (κ1) is 44.0. The van der Waals surface area contributed by atoms with Crippen LogP contribution in [0.1, 0.15) is 22.3 Å². The van der Waals surface area contributed by atoms with Gasteiger partial charge in [0.15, 0.2) is 12.1 Å². The van der Waals surface area contributed by atoms with Gasteiger partial charge in [0.25, 0.3) is 0 Å². The predicted octanol–water partition coefficient (Wildman–Crippen LogP) is 4.81. The van der Waals surface area contributed by atoms with E-state index in [1.54, 1.807) is 0 Å². The van der Waals surface area contributed by atoms with Gasteiger partial charge in [-0.15, -0.1) is 0 Å². The molecule has 0 aliphatic carbocycles. The maximum absolute atomic E-state index is 14.3. The Bertz CT molecular complexity index is 1800. The van der Waals surface area contributed by atoms with Crippen molar-refractivity contribution in [2.75, 3.05) is 67.7 Å². The van der Waals surface area contributed by atoms with Gasteiger partial charge in [0.05, 0.1) is 52.7 Å². The molecule has 2 aliphatic heterocycles. The molecule has 2 aromatic carbocycles. The zero-order valence-corrected chi connectivity index (χ0v) is 31.5. The molecule has 2 fully saturated rings. The number of methoxy groups -OCH3 is 4. The fraction of sp³-hybridized carbons (Fsp3) is 0.389. The average Bonchev–Trinajstić information content (AvgIpc) is 3.20. The number of ether oxygens (including phenoxy) is 4. The number of carbonyl (C=O) groups is 6. The van der Waals surface area contributed by atoms with E-state index in [0.29, 0.717) is 12.1 Å². The molecule has 4 amide bonds. The van der Waals surface area contributed by atoms with E-state index in [1.165, 1.54) is 21.9 Å². The zero-order chi connectivity index (χ0) is 42.2. The summed E-state index contributed by atoms with van der Waals surface area (Å²) in [6.45, 7) is -0.824. The summed E-state index contributed by atoms with van der Waals surface area (Å²) >= 11 is 0.214. The maximum Gasteiger partial charge on any atom is 0.417 e. The van der Waals surface area contributed by atoms with Crippen LogP contribution in [-0.4, -0.2) is 135 Å². The number of hydrogen-bond donors (Lipinski definition) is 0. The lowest BCUT2D eigenvalue weighted by atomic mass is 10.1. The molecule has 0 spiro atoms. The first-order chi connectivity index (χ1) is 26.8. The molecule has 21 heteroatoms. The second-order valence-corrected chi connectivity index (χ2v) is 13.3. The number of esters is 2. The maximum atomic E-state index is 14.3. The monoisotopic (exact) mass is 830 g/mol. The molecule has 0 saturated carbocycles. The van der Waals surface area contributed by atoms with Gasteiger partial charge in [-0.2, -0.15) is 26.3 Å². The van der Waals surface area contributed by atoms with Crippen molar-refractivity contribution in [1.29, 1.82) is 0 Å². The van der Waals surface area contributed by atoms with Crippen LogP contribution in [0.4, 0.5) is 35.9 Å². The Morgan fingerprint density at radius 3 is 1.28 bits per heavy atom. The molecule has 57 heavy (non-hydrogen) atoms. The van der Waals surface area contributed by atoms with Crippen LogP contribution in [0, 0.1) is 0 Å². The summed E-state index contributed by atoms with van der Waals surface area (Å²) in [6.07, 6.45) is -7.62. The molecule has 0 aromatic heterocycles. The number of carbonyl (C=O) groups excluding carboxylic acids is 6. The van der Waals surface area contributed by atoms with Crippen LogP contribution in [-0.2, 0) is 50.5 Å². The van der Waals surface area contributed by atoms with Crippen LogP contribution in [0.2, 0.25) is 0 Å². The van der Waals surface area contributed by atoms with E-state index in [0.717, 1.165) is 74.7 Å². The number of piperazine rings is 2. The fourth-order valence-corrected chi connectivity index (χ4v) is 6.98. The van der Waals surface area contributed by atoms with Crippen LogP contribution in [0.5, 0.6) is 0 Å². The van der Waals surface area contributed by atoms with E-state index in [4.69, 9.17) is 9.47 Å². The van der Waals surface area contributed by atoms with Crippen LogP contribution in [0.25, 0.3) is 12.2 Å². The molecule has 4 rings (SSSR count). The standard InChI is InChI=1S/C36H36F6N4O10S/c1-53-31(49)25-19-43(13-15-45(25)33(51)55-3)29(47)11-7-21-5-9-27(23(17-21)35(37,38)39)57-28-10-6-22(18-24(28)36(40,41)42)8-12-30(48)44-14-16-46(34(52)56-4)26(20-44)32(50)54-2/h5-12,17-18,25-26H,13-16,19-20H2,1-4H3/b11-7+,12-8+. The van der Waals surface area contributed by atoms with Crippen LogP contribution in [0.15, 0.2) is 58.3 Å². The molecular formula is C36H36F6N4O10S. The highest BCUT2D eigenvalue weighted by molar-refractivity contribution is 7.99. The number of nitrogens with zero attached hydrogens (tertiary/aromatic N) is 4. The lowest BCUT2D eigenvalue weighted by molar-refractivity contribution is -0.151. The summed E-state index contributed by atoms with van der Waals surface area (Å²) in [5.74, 6) is -3.03. The molecule has 0 N–H and O–H groups in total. The van der Waals surface area contributed by atoms with Gasteiger partial charge in [0, 0.05) is 48.1 Å². The van der Waals surface area contributed by atoms with Crippen LogP contribution in [0.3, 0.4) is 0 Å². The largest absolute Gasteiger partial charge is 0.467 e. The van der Waals surface area contributed by atoms with Crippen molar-refractivity contribution in [3.63, 3.8) is 0 Å². The highest BCUT2D eigenvalue weighted by atomic mass is 32.2. The fourth-order valence-electron chi connectivity index (χ4n) is 5.90. The van der Waals surface area contributed by atoms with Crippen LogP contribution >= 0.6 is 11.8 Å². The summed E-state index contributed by atoms with van der Waals surface area (Å²) in [5.41, 5.74) is -2.77. The topological polar surface area (TPSA) is 152 Å². The zero-order valence-electron chi connectivity index (χ0n) is 30.7. The SMILES string of the molecule is COC(=O)C1CN(C(=O)/C=C/c2ccc(Sc3ccc(/C=C/C(=O)N4CCN(C(=O)OC)C(C(=O)OC)C4)cc3C(F)(F)F)c(C(F)(F)F)c2)CCN1C(=O)OC. The Kier molecular flexibility index (Phi) is 14.3. The third-order valence-corrected chi connectivity index (χ3v) is 9.98. The Morgan fingerprint density at radius 2 is 0.965 bits per heavy atom. The molecule has 308 valence electrons. The Labute approximate surface area is 325 Å². The van der Waals surface area contributed by atoms with Crippen molar-refractivity contribution in [1.82, 2.24) is 19.6 Å². The van der Waals surface area contributed by atoms with Crippen molar-refractivity contribution >= 4 is 59.9 Å². The Hall–Kier alpha value is -5.73. The van der Waals surface area contributed by atoms with Gasteiger partial charge in [-0.3, -0.25) is 19.4 Å². The molecule has 14 nitrogen and oxygen atoms in total. The second kappa shape index (κ2) is 18.5. The minimum Gasteiger partial charge on any atom is -0.467 e. The van der Waals surface area contributed by atoms with Crippen molar-refractivity contribution in [3.05, 3.63) is 70.8 Å². The molecule has 2 aliphatic rings. The number of alkyl halides is 6. The van der Waals surface area contributed by atoms with Gasteiger partial charge in [-0.05, 0) is 47.5 Å². The third-order valence-electron chi connectivity index (χ3n) is 8.82. The van der Waals surface area contributed by atoms with Gasteiger partial charge in [0.1, 0.15) is 0 Å². The average molecular weight is 831 g/mol. The van der Waals surface area contributed by atoms with E-state index in [-0.39, 0.29) is 62.2 Å². The quantitative estimate of drug-likeness (QED) is 0.156. The van der Waals surface area contributed by atoms with Gasteiger partial charge < -0.3 is 28.7 Å². The van der Waals surface area contributed by atoms with Gasteiger partial charge in [-0.25, -0.2) is 19.2 Å². The molecule has 2 saturated heterocycles. The Balaban J connectivity index is 1.53. The predicted molar refractivity (Wildman–Crippen MR) is 188 cm³/mol. The number of hydrogen-bond acceptors (Lipinski definition) is 11. The Morgan fingerprint density at radius 1 is 0.596 bits per heavy atom. The molecule has 2 aromatic rings. The lowest BCUT2D eigenvalue weighted by Crippen LogP contribution is -2.59. The summed E-state index contributed by atoms with van der Waals surface area (Å²) in [4.78, 5) is 78.0. The van der Waals surface area contributed by atoms with Gasteiger partial charge in [-0.1, -0.05) is 23.9 Å². The number of halogens is 6. The second-order valence-electron chi connectivity index (χ2n) is 12.2. The van der Waals surface area contributed by atoms with Crippen molar-refractivity contribution in [2.45, 2.75) is 34.2 Å². The summed E-state index contributed by atoms with van der Waals surface area (Å²) in [6, 6.07) is 3.25. The number of benzene rings is 2. The van der Waals surface area contributed by atoms with E-state index in [1.807, 2.05) is 0 Å². The first-order valence-electron chi connectivity index (χ1n) is 16.7. The van der Waals surface area contributed by atoms with Crippen LogP contribution < -0.4 is 0 Å². The van der Waals surface area contributed by atoms with E-state index >= 15 is 0 Å². The lowest BCUT2D eigenvalue weighted by Gasteiger charge is -2.38. The summed E-state index contributed by atoms with van der Waals surface area (Å²) < 4.78 is 104. The minimum absolute atomic E-state index is 0.0329. The highest BCUT2D eigenvalue weighted by Gasteiger charge is 2.40. The van der Waals surface area contributed by atoms with E-state index in [9.17, 15) is 55.1 Å². The molecule has 0 bridgehead atoms. The molecule has 0 radical (unpaired) electrons. The first-order valence-corrected chi connectivity index (χ1v) is 17.5. The molecular weight excluding hydrogens is 794 g/mol. The van der Waals surface area contributed by atoms with E-state index < -0.39 is 81.3 Å². The van der Waals surface area contributed by atoms with Crippen molar-refractivity contribution in [3.8, 4) is 0 Å². The molecule has 2 heterocycles.